The van der Waals surface area contributed by atoms with Crippen LogP contribution in [0.5, 0.6) is 0 Å². The Morgan fingerprint density at radius 3 is 1.98 bits per heavy atom. The van der Waals surface area contributed by atoms with E-state index < -0.39 is 90.2 Å². The van der Waals surface area contributed by atoms with Gasteiger partial charge in [-0.05, 0) is 64.5 Å². The van der Waals surface area contributed by atoms with Crippen molar-refractivity contribution < 1.29 is 43.8 Å². The fourth-order valence-corrected chi connectivity index (χ4v) is 5.89. The molecule has 0 radical (unpaired) electrons. The molecule has 6 atom stereocenters. The number of nitrogens with zero attached hydrogens (tertiary/aromatic N) is 2. The molecule has 304 valence electrons. The molecule has 0 saturated heterocycles. The summed E-state index contributed by atoms with van der Waals surface area (Å²) in [4.78, 5) is 99.8. The van der Waals surface area contributed by atoms with Crippen LogP contribution in [0, 0.1) is 5.92 Å². The fraction of sp³-hybridized carbons (Fsp3) is 0.568. The maximum atomic E-state index is 14.3. The first-order chi connectivity index (χ1) is 25.9. The second-order valence-corrected chi connectivity index (χ2v) is 14.2. The maximum absolute atomic E-state index is 14.3. The van der Waals surface area contributed by atoms with Gasteiger partial charge in [0.25, 0.3) is 0 Å². The van der Waals surface area contributed by atoms with Gasteiger partial charge in [0.15, 0.2) is 0 Å². The molecule has 0 aliphatic carbocycles. The summed E-state index contributed by atoms with van der Waals surface area (Å²) in [5.41, 5.74) is 12.6. The Labute approximate surface area is 320 Å². The van der Waals surface area contributed by atoms with Crippen LogP contribution < -0.4 is 32.7 Å². The van der Waals surface area contributed by atoms with E-state index in [1.165, 1.54) is 24.3 Å². The number of amides is 5. The quantitative estimate of drug-likeness (QED) is 0.0629. The number of unbranched alkanes of at least 4 members (excludes halogenated alkanes) is 1. The zero-order chi connectivity index (χ0) is 41.2. The Kier molecular flexibility index (Phi) is 19.0. The van der Waals surface area contributed by atoms with E-state index in [-0.39, 0.29) is 31.6 Å². The van der Waals surface area contributed by atoms with Crippen LogP contribution in [0.25, 0.3) is 0 Å². The van der Waals surface area contributed by atoms with Crippen LogP contribution in [0.4, 0.5) is 0 Å². The van der Waals surface area contributed by atoms with Crippen molar-refractivity contribution in [3.63, 3.8) is 0 Å². The molecule has 0 unspecified atom stereocenters. The van der Waals surface area contributed by atoms with Gasteiger partial charge in [0.05, 0.1) is 24.5 Å². The zero-order valence-electron chi connectivity index (χ0n) is 32.1. The van der Waals surface area contributed by atoms with E-state index in [9.17, 15) is 38.7 Å². The molecular weight excluding hydrogens is 714 g/mol. The third-order valence-corrected chi connectivity index (χ3v) is 8.68. The Balaban J connectivity index is 2.38. The van der Waals surface area contributed by atoms with E-state index in [2.05, 4.69) is 31.2 Å². The van der Waals surface area contributed by atoms with Crippen LogP contribution in [0.1, 0.15) is 78.0 Å². The summed E-state index contributed by atoms with van der Waals surface area (Å²) in [6.07, 6.45) is 3.38. The number of carbonyl (C=O) groups is 7. The first kappa shape index (κ1) is 45.8. The second-order valence-electron chi connectivity index (χ2n) is 14.2. The van der Waals surface area contributed by atoms with Gasteiger partial charge in [0, 0.05) is 25.1 Å². The average Bonchev–Trinajstić information content (AvgIpc) is 3.63. The summed E-state index contributed by atoms with van der Waals surface area (Å²) in [5.74, 6) is -6.27. The van der Waals surface area contributed by atoms with Gasteiger partial charge < -0.3 is 52.8 Å². The molecule has 1 aromatic heterocycles. The third-order valence-electron chi connectivity index (χ3n) is 8.68. The van der Waals surface area contributed by atoms with Crippen molar-refractivity contribution in [1.29, 1.82) is 0 Å². The second kappa shape index (κ2) is 22.8. The average molecular weight is 772 g/mol. The van der Waals surface area contributed by atoms with E-state index in [0.717, 1.165) is 0 Å². The number of aliphatic carboxylic acids is 2. The lowest BCUT2D eigenvalue weighted by molar-refractivity contribution is -0.146. The minimum atomic E-state index is -1.46. The highest BCUT2D eigenvalue weighted by atomic mass is 16.4. The molecule has 1 heterocycles. The highest BCUT2D eigenvalue weighted by molar-refractivity contribution is 5.96. The van der Waals surface area contributed by atoms with Crippen molar-refractivity contribution in [2.75, 3.05) is 6.54 Å². The molecule has 0 aliphatic heterocycles. The largest absolute Gasteiger partial charge is 0.481 e. The lowest BCUT2D eigenvalue weighted by atomic mass is 10.0. The topological polar surface area (TPSA) is 292 Å². The molecule has 18 nitrogen and oxygen atoms in total. The fourth-order valence-electron chi connectivity index (χ4n) is 5.89. The highest BCUT2D eigenvalue weighted by Crippen LogP contribution is 2.18. The Morgan fingerprint density at radius 2 is 1.44 bits per heavy atom. The molecule has 2 aromatic rings. The molecule has 55 heavy (non-hydrogen) atoms. The standard InChI is InChI=1S/C37H57N9O9/c1-21(2)15-29(37(54)55)45-34(51)27(16-24-11-7-6-8-12-24)43-32(49)23(5)42-35(52)30(13-9-10-14-38)46(22(3)4)36(53)28(17-25-19-40-20-41-25)44-33(50)26(39)18-31(47)48/h6-8,11-12,19-23,26-30H,9-10,13-18,38-39H2,1-5H3,(H,40,41)(H,42,52)(H,43,49)(H,44,50)(H,45,51)(H,47,48)(H,54,55)/t23-,26-,27-,28-,29-,30-/m0/s1. The molecule has 0 spiro atoms. The van der Waals surface area contributed by atoms with Crippen molar-refractivity contribution in [3.05, 3.63) is 54.1 Å². The van der Waals surface area contributed by atoms with Gasteiger partial charge in [-0.1, -0.05) is 44.2 Å². The molecule has 11 N–H and O–H groups in total. The molecule has 2 rings (SSSR count). The number of nitrogens with two attached hydrogens (primary N) is 2. The van der Waals surface area contributed by atoms with Crippen LogP contribution in [-0.4, -0.2) is 115 Å². The number of hydrogen-bond acceptors (Lipinski definition) is 10. The zero-order valence-corrected chi connectivity index (χ0v) is 32.1. The van der Waals surface area contributed by atoms with Gasteiger partial charge in [-0.25, -0.2) is 9.78 Å². The van der Waals surface area contributed by atoms with Gasteiger partial charge in [-0.3, -0.25) is 28.8 Å². The van der Waals surface area contributed by atoms with Crippen molar-refractivity contribution in [1.82, 2.24) is 36.1 Å². The normalized spacial score (nSPS) is 14.5. The molecule has 0 saturated carbocycles. The number of carbonyl (C=O) groups excluding carboxylic acids is 5. The molecule has 0 fully saturated rings. The smallest absolute Gasteiger partial charge is 0.326 e. The summed E-state index contributed by atoms with van der Waals surface area (Å²) in [6, 6.07) is 0.682. The van der Waals surface area contributed by atoms with Crippen molar-refractivity contribution in [2.24, 2.45) is 17.4 Å². The van der Waals surface area contributed by atoms with Crippen LogP contribution in [0.3, 0.4) is 0 Å². The number of benzene rings is 1. The van der Waals surface area contributed by atoms with Crippen LogP contribution >= 0.6 is 0 Å². The van der Waals surface area contributed by atoms with Gasteiger partial charge in [-0.15, -0.1) is 0 Å². The summed E-state index contributed by atoms with van der Waals surface area (Å²) in [5, 5.41) is 29.3. The van der Waals surface area contributed by atoms with Crippen LogP contribution in [-0.2, 0) is 46.4 Å². The highest BCUT2D eigenvalue weighted by Gasteiger charge is 2.38. The third kappa shape index (κ3) is 15.5. The molecule has 18 heteroatoms. The van der Waals surface area contributed by atoms with Gasteiger partial charge >= 0.3 is 11.9 Å². The Hall–Kier alpha value is -5.36. The van der Waals surface area contributed by atoms with E-state index in [4.69, 9.17) is 16.6 Å². The van der Waals surface area contributed by atoms with Crippen molar-refractivity contribution >= 4 is 41.5 Å². The number of aromatic amines is 1. The lowest BCUT2D eigenvalue weighted by Crippen LogP contribution is -2.61. The minimum absolute atomic E-state index is 0.0314. The predicted molar refractivity (Wildman–Crippen MR) is 202 cm³/mol. The number of nitrogens with one attached hydrogen (secondary N) is 5. The summed E-state index contributed by atoms with van der Waals surface area (Å²) >= 11 is 0. The van der Waals surface area contributed by atoms with E-state index in [0.29, 0.717) is 30.6 Å². The number of carboxylic acid groups (broad SMARTS) is 2. The first-order valence-corrected chi connectivity index (χ1v) is 18.4. The van der Waals surface area contributed by atoms with Crippen LogP contribution in [0.15, 0.2) is 42.9 Å². The lowest BCUT2D eigenvalue weighted by Gasteiger charge is -2.37. The van der Waals surface area contributed by atoms with E-state index in [1.807, 2.05) is 13.8 Å². The number of imidazole rings is 1. The first-order valence-electron chi connectivity index (χ1n) is 18.4. The molecule has 0 aliphatic rings. The number of H-pyrrole nitrogens is 1. The van der Waals surface area contributed by atoms with Crippen molar-refractivity contribution in [3.8, 4) is 0 Å². The monoisotopic (exact) mass is 771 g/mol. The summed E-state index contributed by atoms with van der Waals surface area (Å²) in [6.45, 7) is 8.72. The van der Waals surface area contributed by atoms with Gasteiger partial charge in [-0.2, -0.15) is 0 Å². The minimum Gasteiger partial charge on any atom is -0.481 e. The number of aromatic nitrogens is 2. The van der Waals surface area contributed by atoms with Crippen LogP contribution in [0.2, 0.25) is 0 Å². The maximum Gasteiger partial charge on any atom is 0.326 e. The predicted octanol–water partition coefficient (Wildman–Crippen LogP) is -0.179. The molecule has 5 amide bonds. The Bertz CT molecular complexity index is 1570. The number of rotatable bonds is 24. The summed E-state index contributed by atoms with van der Waals surface area (Å²) in [7, 11) is 0. The van der Waals surface area contributed by atoms with E-state index >= 15 is 0 Å². The SMILES string of the molecule is CC(C)C[C@H](NC(=O)[C@H](Cc1ccccc1)NC(=O)[C@H](C)NC(=O)[C@H](CCCCN)N(C(=O)[C@H](Cc1c[nH]cn1)NC(=O)[C@@H](N)CC(=O)O)C(C)C)C(=O)O. The summed E-state index contributed by atoms with van der Waals surface area (Å²) < 4.78 is 0. The number of hydrogen-bond donors (Lipinski definition) is 9. The van der Waals surface area contributed by atoms with E-state index in [1.54, 1.807) is 44.2 Å². The molecule has 0 bridgehead atoms. The van der Waals surface area contributed by atoms with Gasteiger partial charge in [0.1, 0.15) is 30.2 Å². The van der Waals surface area contributed by atoms with Crippen molar-refractivity contribution in [2.45, 2.75) is 122 Å². The molecular formula is C37H57N9O9. The van der Waals surface area contributed by atoms with Gasteiger partial charge in [0.2, 0.25) is 29.5 Å². The molecule has 1 aromatic carbocycles. The number of carboxylic acids is 2. The Morgan fingerprint density at radius 1 is 0.800 bits per heavy atom.